The van der Waals surface area contributed by atoms with Crippen molar-refractivity contribution in [3.63, 3.8) is 0 Å². The van der Waals surface area contributed by atoms with E-state index in [9.17, 15) is 4.79 Å². The molecule has 0 aromatic heterocycles. The quantitative estimate of drug-likeness (QED) is 0.741. The highest BCUT2D eigenvalue weighted by molar-refractivity contribution is 5.60. The highest BCUT2D eigenvalue weighted by atomic mass is 16.7. The van der Waals surface area contributed by atoms with E-state index < -0.39 is 12.4 Å². The molecule has 5 nitrogen and oxygen atoms in total. The summed E-state index contributed by atoms with van der Waals surface area (Å²) in [4.78, 5) is 11.1. The van der Waals surface area contributed by atoms with E-state index in [-0.39, 0.29) is 5.92 Å². The molecule has 2 aliphatic rings. The minimum atomic E-state index is -0.681. The van der Waals surface area contributed by atoms with Gasteiger partial charge in [0.25, 0.3) is 0 Å². The van der Waals surface area contributed by atoms with Crippen LogP contribution in [0.3, 0.4) is 0 Å². The second kappa shape index (κ2) is 5.43. The predicted octanol–water partition coefficient (Wildman–Crippen LogP) is 1.69. The second-order valence-corrected chi connectivity index (χ2v) is 3.74. The monoisotopic (exact) mass is 237 g/mol. The Labute approximate surface area is 99.7 Å². The lowest BCUT2D eigenvalue weighted by molar-refractivity contribution is 0.00852. The number of carbonyl (C=O) groups is 1. The van der Waals surface area contributed by atoms with Gasteiger partial charge < -0.3 is 19.5 Å². The van der Waals surface area contributed by atoms with Gasteiger partial charge in [0.15, 0.2) is 6.23 Å². The van der Waals surface area contributed by atoms with Gasteiger partial charge in [0.2, 0.25) is 0 Å². The van der Waals surface area contributed by atoms with E-state index >= 15 is 0 Å². The van der Waals surface area contributed by atoms with E-state index in [4.69, 9.17) is 9.47 Å². The largest absolute Gasteiger partial charge is 0.509 e. The zero-order chi connectivity index (χ0) is 12.1. The molecule has 2 unspecified atom stereocenters. The predicted molar refractivity (Wildman–Crippen MR) is 60.8 cm³/mol. The summed E-state index contributed by atoms with van der Waals surface area (Å²) in [5.74, 6) is 0.0826. The molecule has 0 aromatic rings. The summed E-state index contributed by atoms with van der Waals surface area (Å²) in [5, 5.41) is 3.01. The van der Waals surface area contributed by atoms with Gasteiger partial charge in [-0.15, -0.1) is 0 Å². The molecule has 0 amide bonds. The Balaban J connectivity index is 2.07. The molecule has 2 rings (SSSR count). The summed E-state index contributed by atoms with van der Waals surface area (Å²) in [6.07, 6.45) is 9.05. The second-order valence-electron chi connectivity index (χ2n) is 3.74. The van der Waals surface area contributed by atoms with E-state index in [1.54, 1.807) is 12.5 Å². The van der Waals surface area contributed by atoms with E-state index in [1.807, 2.05) is 18.2 Å². The van der Waals surface area contributed by atoms with Crippen LogP contribution in [0.5, 0.6) is 0 Å². The Morgan fingerprint density at radius 3 is 3.18 bits per heavy atom. The van der Waals surface area contributed by atoms with Crippen LogP contribution in [0.15, 0.2) is 36.3 Å². The molecule has 0 aromatic carbocycles. The summed E-state index contributed by atoms with van der Waals surface area (Å²) in [7, 11) is 1.30. The van der Waals surface area contributed by atoms with Crippen molar-refractivity contribution in [3.8, 4) is 0 Å². The lowest BCUT2D eigenvalue weighted by atomic mass is 9.91. The van der Waals surface area contributed by atoms with Crippen LogP contribution in [0.4, 0.5) is 4.79 Å². The Morgan fingerprint density at radius 1 is 1.59 bits per heavy atom. The molecule has 0 saturated carbocycles. The van der Waals surface area contributed by atoms with E-state index in [2.05, 4.69) is 10.1 Å². The lowest BCUT2D eigenvalue weighted by Gasteiger charge is -2.30. The number of rotatable bonds is 2. The summed E-state index contributed by atoms with van der Waals surface area (Å²) in [5.41, 5.74) is 1.10. The molecule has 1 N–H and O–H groups in total. The lowest BCUT2D eigenvalue weighted by Crippen LogP contribution is -2.40. The van der Waals surface area contributed by atoms with Gasteiger partial charge in [0.05, 0.1) is 13.4 Å². The molecule has 0 saturated heterocycles. The fraction of sp³-hybridized carbons (Fsp3) is 0.417. The summed E-state index contributed by atoms with van der Waals surface area (Å²) in [6, 6.07) is 0. The van der Waals surface area contributed by atoms with Gasteiger partial charge in [-0.05, 0) is 30.3 Å². The van der Waals surface area contributed by atoms with Gasteiger partial charge in [0.1, 0.15) is 6.61 Å². The van der Waals surface area contributed by atoms with Crippen LogP contribution in [0, 0.1) is 5.92 Å². The van der Waals surface area contributed by atoms with Crippen molar-refractivity contribution in [2.45, 2.75) is 12.6 Å². The minimum Gasteiger partial charge on any atom is -0.497 e. The maximum atomic E-state index is 11.1. The number of allylic oxidation sites excluding steroid dienone is 2. The maximum Gasteiger partial charge on any atom is 0.509 e. The highest BCUT2D eigenvalue weighted by Crippen LogP contribution is 2.26. The number of carbonyl (C=O) groups excluding carboxylic acids is 1. The average Bonchev–Trinajstić information content (AvgIpc) is 2.40. The number of methoxy groups -OCH3 is 1. The smallest absolute Gasteiger partial charge is 0.497 e. The first kappa shape index (κ1) is 11.6. The molecule has 2 heterocycles. The molecule has 0 spiro atoms. The van der Waals surface area contributed by atoms with E-state index in [1.165, 1.54) is 7.11 Å². The van der Waals surface area contributed by atoms with Gasteiger partial charge in [-0.2, -0.15) is 0 Å². The van der Waals surface area contributed by atoms with Gasteiger partial charge in [-0.25, -0.2) is 4.79 Å². The maximum absolute atomic E-state index is 11.1. The van der Waals surface area contributed by atoms with Crippen LogP contribution in [0.25, 0.3) is 0 Å². The van der Waals surface area contributed by atoms with Crippen molar-refractivity contribution < 1.29 is 19.0 Å². The Morgan fingerprint density at radius 2 is 2.47 bits per heavy atom. The van der Waals surface area contributed by atoms with Crippen LogP contribution in [0.1, 0.15) is 6.42 Å². The average molecular weight is 237 g/mol. The topological polar surface area (TPSA) is 56.8 Å². The zero-order valence-corrected chi connectivity index (χ0v) is 9.59. The third-order valence-electron chi connectivity index (χ3n) is 2.72. The molecular formula is C12H15NO4. The number of hydrogen-bond acceptors (Lipinski definition) is 5. The Kier molecular flexibility index (Phi) is 3.69. The Bertz CT molecular complexity index is 373. The van der Waals surface area contributed by atoms with Crippen LogP contribution in [0.2, 0.25) is 0 Å². The van der Waals surface area contributed by atoms with Crippen LogP contribution in [-0.4, -0.2) is 26.1 Å². The van der Waals surface area contributed by atoms with Crippen molar-refractivity contribution in [1.29, 1.82) is 0 Å². The fourth-order valence-electron chi connectivity index (χ4n) is 1.87. The van der Waals surface area contributed by atoms with Crippen LogP contribution in [-0.2, 0) is 14.2 Å². The van der Waals surface area contributed by atoms with Gasteiger partial charge in [-0.3, -0.25) is 0 Å². The first-order valence-corrected chi connectivity index (χ1v) is 5.45. The van der Waals surface area contributed by atoms with Crippen molar-refractivity contribution in [1.82, 2.24) is 5.32 Å². The molecule has 5 heteroatoms. The van der Waals surface area contributed by atoms with Gasteiger partial charge in [0, 0.05) is 5.92 Å². The molecule has 0 bridgehead atoms. The normalized spacial score (nSPS) is 26.5. The first-order chi connectivity index (χ1) is 8.31. The molecule has 0 radical (unpaired) electrons. The standard InChI is InChI=1S/C12H15NO4/c1-15-12(14)17-11-10(3-2-6-13-11)9-4-7-16-8-5-9/h2,4-7,10-11,13H,3,8H2,1H3. The minimum absolute atomic E-state index is 0.0826. The van der Waals surface area contributed by atoms with Gasteiger partial charge in [-0.1, -0.05) is 6.08 Å². The van der Waals surface area contributed by atoms with Crippen LogP contribution < -0.4 is 5.32 Å². The van der Waals surface area contributed by atoms with Gasteiger partial charge >= 0.3 is 6.16 Å². The molecule has 17 heavy (non-hydrogen) atoms. The SMILES string of the molecule is COC(=O)OC1NC=CCC1C1=CCOC=C1. The molecule has 92 valence electrons. The van der Waals surface area contributed by atoms with E-state index in [0.29, 0.717) is 6.61 Å². The zero-order valence-electron chi connectivity index (χ0n) is 9.59. The molecule has 0 aliphatic carbocycles. The molecule has 0 fully saturated rings. The fourth-order valence-corrected chi connectivity index (χ4v) is 1.87. The Hall–Kier alpha value is -1.91. The summed E-state index contributed by atoms with van der Waals surface area (Å²) in [6.45, 7) is 0.553. The van der Waals surface area contributed by atoms with Crippen molar-refractivity contribution in [2.24, 2.45) is 5.92 Å². The third kappa shape index (κ3) is 2.81. The molecule has 2 aliphatic heterocycles. The number of ether oxygens (including phenoxy) is 3. The molecule has 2 atom stereocenters. The van der Waals surface area contributed by atoms with E-state index in [0.717, 1.165) is 12.0 Å². The first-order valence-electron chi connectivity index (χ1n) is 5.45. The number of nitrogens with one attached hydrogen (secondary N) is 1. The summed E-state index contributed by atoms with van der Waals surface area (Å²) < 4.78 is 14.8. The van der Waals surface area contributed by atoms with Crippen LogP contribution >= 0.6 is 0 Å². The highest BCUT2D eigenvalue weighted by Gasteiger charge is 2.28. The molecular weight excluding hydrogens is 222 g/mol. The summed E-state index contributed by atoms with van der Waals surface area (Å²) >= 11 is 0. The van der Waals surface area contributed by atoms with Crippen molar-refractivity contribution in [3.05, 3.63) is 36.3 Å². The van der Waals surface area contributed by atoms with Crippen molar-refractivity contribution >= 4 is 6.16 Å². The van der Waals surface area contributed by atoms with Crippen molar-refractivity contribution in [2.75, 3.05) is 13.7 Å². The number of hydrogen-bond donors (Lipinski definition) is 1. The third-order valence-corrected chi connectivity index (χ3v) is 2.72.